The van der Waals surface area contributed by atoms with E-state index in [0.717, 1.165) is 90.2 Å². The molecule has 2 aromatic heterocycles. The second-order valence-electron chi connectivity index (χ2n) is 24.0. The minimum atomic E-state index is -0.927. The van der Waals surface area contributed by atoms with Crippen LogP contribution >= 0.6 is 11.6 Å². The maximum Gasteiger partial charge on any atom is 0.317 e. The number of pyridine rings is 1. The number of hydrogen-bond donors (Lipinski definition) is 8. The van der Waals surface area contributed by atoms with Crippen LogP contribution in [-0.4, -0.2) is 242 Å². The standard InChI is InChI=1S/C31H35ClFN7O2.C26H51N5O7.C5H12O/c1-18-11-19(13-21(33)12-18)24-15-35-31(40-16-23(17-40)36-27(42)3-2-10-41)28(29(24)39-8-6-22(34)7-9-39)30-37-25-5-4-20(32)14-26(25)38-30;1-22(2)17-28-6-8-29(18-24(32)27-5-14-37-15-16-38-21-23(3)4)9-11-31(20-26(35)36)13-12-30(10-7-28)19-25(33)34;1-5(2)3-4-6/h4-5,11-15,22-23,41H,2-3,6-10,16-17,34H2,1H3,(H,36,42)(H,37,38);22-23H,5-21H2,1-4H3,(H,27,32)(H,33,34)(H,35,36);5-6H,3-4H2,1-2H3. The van der Waals surface area contributed by atoms with Crippen molar-refractivity contribution in [1.29, 1.82) is 0 Å². The molecule has 0 spiro atoms. The molecule has 0 saturated carbocycles. The van der Waals surface area contributed by atoms with Crippen LogP contribution in [0.3, 0.4) is 0 Å². The van der Waals surface area contributed by atoms with E-state index in [1.165, 1.54) is 6.07 Å². The Labute approximate surface area is 512 Å². The molecule has 86 heavy (non-hydrogen) atoms. The largest absolute Gasteiger partial charge is 0.480 e. The van der Waals surface area contributed by atoms with E-state index < -0.39 is 11.9 Å². The van der Waals surface area contributed by atoms with Gasteiger partial charge in [-0.2, -0.15) is 0 Å². The van der Waals surface area contributed by atoms with Gasteiger partial charge in [-0.3, -0.25) is 33.9 Å². The Kier molecular flexibility index (Phi) is 30.9. The maximum atomic E-state index is 14.7. The van der Waals surface area contributed by atoms with Gasteiger partial charge in [0.15, 0.2) is 0 Å². The number of anilines is 2. The van der Waals surface area contributed by atoms with Crippen molar-refractivity contribution in [3.05, 3.63) is 59.0 Å². The highest BCUT2D eigenvalue weighted by atomic mass is 35.5. The monoisotopic (exact) mass is 1220 g/mol. The summed E-state index contributed by atoms with van der Waals surface area (Å²) in [4.78, 5) is 73.6. The van der Waals surface area contributed by atoms with E-state index in [-0.39, 0.29) is 56.0 Å². The second kappa shape index (κ2) is 37.3. The number of aliphatic carboxylic acids is 2. The third kappa shape index (κ3) is 25.2. The molecule has 0 atom stereocenters. The van der Waals surface area contributed by atoms with Crippen molar-refractivity contribution in [1.82, 2.24) is 45.2 Å². The Morgan fingerprint density at radius 3 is 1.93 bits per heavy atom. The number of imidazole rings is 1. The van der Waals surface area contributed by atoms with Crippen LogP contribution in [0.5, 0.6) is 0 Å². The molecule has 3 aliphatic heterocycles. The summed E-state index contributed by atoms with van der Waals surface area (Å²) in [5.74, 6) is 0.687. The normalized spacial score (nSPS) is 16.5. The predicted molar refractivity (Wildman–Crippen MR) is 336 cm³/mol. The highest BCUT2D eigenvalue weighted by Gasteiger charge is 2.35. The SMILES string of the molecule is CC(C)CCO.CC(C)COCCOCCNC(=O)CN1CCN(CC(=O)O)CCN(CC(=O)O)CCN(CC(C)C)CC1.Cc1cc(F)cc(-c2cnc(N3CC(NC(=O)CCCO)C3)c(-c3nc4ccc(Cl)cc4[nH]3)c2N2CCC(N)CC2)c1. The molecule has 3 fully saturated rings. The summed E-state index contributed by atoms with van der Waals surface area (Å²) in [6.07, 6.45) is 5.15. The molecule has 2 aromatic carbocycles. The molecular formula is C62H98ClFN12O10. The van der Waals surface area contributed by atoms with Gasteiger partial charge in [-0.1, -0.05) is 59.2 Å². The Morgan fingerprint density at radius 2 is 1.37 bits per heavy atom. The molecule has 24 heteroatoms. The number of amides is 2. The van der Waals surface area contributed by atoms with Crippen LogP contribution in [0, 0.1) is 30.5 Å². The number of hydrogen-bond acceptors (Lipinski definition) is 17. The first kappa shape index (κ1) is 71.2. The summed E-state index contributed by atoms with van der Waals surface area (Å²) in [6.45, 7) is 25.6. The molecule has 0 bridgehead atoms. The average Bonchev–Trinajstić information content (AvgIpc) is 1.26. The van der Waals surface area contributed by atoms with Gasteiger partial charge >= 0.3 is 11.9 Å². The average molecular weight is 1230 g/mol. The van der Waals surface area contributed by atoms with Gasteiger partial charge in [0.1, 0.15) is 17.5 Å². The first-order valence-electron chi connectivity index (χ1n) is 30.6. The fraction of sp³-hybridized carbons (Fsp3) is 0.645. The number of aromatic amines is 1. The van der Waals surface area contributed by atoms with Crippen LogP contribution < -0.4 is 26.2 Å². The molecule has 3 aliphatic rings. The first-order chi connectivity index (χ1) is 41.1. The molecule has 0 unspecified atom stereocenters. The van der Waals surface area contributed by atoms with E-state index >= 15 is 0 Å². The van der Waals surface area contributed by atoms with Crippen molar-refractivity contribution in [2.45, 2.75) is 92.7 Å². The third-order valence-corrected chi connectivity index (χ3v) is 15.0. The summed E-state index contributed by atoms with van der Waals surface area (Å²) in [7, 11) is 0. The molecule has 7 rings (SSSR count). The summed E-state index contributed by atoms with van der Waals surface area (Å²) >= 11 is 6.31. The van der Waals surface area contributed by atoms with E-state index in [4.69, 9.17) is 47.0 Å². The van der Waals surface area contributed by atoms with Crippen molar-refractivity contribution >= 4 is 57.9 Å². The Morgan fingerprint density at radius 1 is 0.756 bits per heavy atom. The van der Waals surface area contributed by atoms with E-state index in [1.807, 2.05) is 47.2 Å². The second-order valence-corrected chi connectivity index (χ2v) is 24.4. The number of aromatic nitrogens is 3. The van der Waals surface area contributed by atoms with Crippen molar-refractivity contribution in [3.8, 4) is 22.5 Å². The van der Waals surface area contributed by atoms with Gasteiger partial charge in [0.25, 0.3) is 0 Å². The van der Waals surface area contributed by atoms with E-state index in [1.54, 1.807) is 6.07 Å². The number of rotatable bonds is 26. The van der Waals surface area contributed by atoms with Crippen molar-refractivity contribution in [2.24, 2.45) is 23.5 Å². The summed E-state index contributed by atoms with van der Waals surface area (Å²) in [6, 6.07) is 10.7. The predicted octanol–water partition coefficient (Wildman–Crippen LogP) is 5.26. The van der Waals surface area contributed by atoms with Crippen molar-refractivity contribution in [3.63, 3.8) is 0 Å². The highest BCUT2D eigenvalue weighted by molar-refractivity contribution is 6.31. The lowest BCUT2D eigenvalue weighted by Gasteiger charge is -2.42. The number of carboxylic acids is 2. The number of ether oxygens (including phenoxy) is 2. The minimum Gasteiger partial charge on any atom is -0.480 e. The Bertz CT molecular complexity index is 2690. The van der Waals surface area contributed by atoms with Crippen LogP contribution in [-0.2, 0) is 28.7 Å². The third-order valence-electron chi connectivity index (χ3n) is 14.8. The lowest BCUT2D eigenvalue weighted by atomic mass is 9.96. The number of aryl methyl sites for hydroxylation is 1. The topological polar surface area (TPSA) is 279 Å². The number of carbonyl (C=O) groups excluding carboxylic acids is 2. The highest BCUT2D eigenvalue weighted by Crippen LogP contribution is 2.46. The number of halogens is 2. The Hall–Kier alpha value is -5.60. The van der Waals surface area contributed by atoms with Crippen LogP contribution in [0.1, 0.15) is 79.2 Å². The number of fused-ring (bicyclic) bond motifs is 1. The van der Waals surface area contributed by atoms with Gasteiger partial charge in [-0.05, 0) is 91.8 Å². The van der Waals surface area contributed by atoms with Crippen molar-refractivity contribution in [2.75, 3.05) is 161 Å². The van der Waals surface area contributed by atoms with Gasteiger partial charge in [-0.25, -0.2) is 14.4 Å². The van der Waals surface area contributed by atoms with Crippen LogP contribution in [0.25, 0.3) is 33.5 Å². The lowest BCUT2D eigenvalue weighted by molar-refractivity contribution is -0.140. The van der Waals surface area contributed by atoms with E-state index in [0.29, 0.717) is 140 Å². The number of benzene rings is 2. The summed E-state index contributed by atoms with van der Waals surface area (Å²) < 4.78 is 25.7. The molecule has 0 radical (unpaired) electrons. The first-order valence-corrected chi connectivity index (χ1v) is 31.0. The zero-order valence-electron chi connectivity index (χ0n) is 51.9. The van der Waals surface area contributed by atoms with E-state index in [2.05, 4.69) is 76.8 Å². The molecule has 3 saturated heterocycles. The minimum absolute atomic E-state index is 0.0123. The van der Waals surface area contributed by atoms with E-state index in [9.17, 15) is 33.8 Å². The number of aliphatic hydroxyl groups is 2. The Balaban J connectivity index is 0.000000288. The van der Waals surface area contributed by atoms with Crippen molar-refractivity contribution < 1.29 is 53.5 Å². The zero-order valence-corrected chi connectivity index (χ0v) is 52.6. The zero-order chi connectivity index (χ0) is 62.7. The quantitative estimate of drug-likeness (QED) is 0.0372. The fourth-order valence-electron chi connectivity index (χ4n) is 10.3. The molecular weight excluding hydrogens is 1130 g/mol. The fourth-order valence-corrected chi connectivity index (χ4v) is 10.5. The van der Waals surface area contributed by atoms with Crippen LogP contribution in [0.15, 0.2) is 42.6 Å². The van der Waals surface area contributed by atoms with Crippen LogP contribution in [0.2, 0.25) is 5.02 Å². The van der Waals surface area contributed by atoms with Crippen LogP contribution in [0.4, 0.5) is 15.9 Å². The maximum absolute atomic E-state index is 14.7. The number of carbonyl (C=O) groups is 4. The molecule has 5 heterocycles. The molecule has 2 amide bonds. The number of nitrogens with two attached hydrogens (primary N) is 1. The molecule has 480 valence electrons. The van der Waals surface area contributed by atoms with Gasteiger partial charge in [0.05, 0.1) is 67.8 Å². The van der Waals surface area contributed by atoms with Gasteiger partial charge in [0.2, 0.25) is 11.8 Å². The molecule has 9 N–H and O–H groups in total. The number of nitrogens with zero attached hydrogens (tertiary/aromatic N) is 8. The smallest absolute Gasteiger partial charge is 0.317 e. The summed E-state index contributed by atoms with van der Waals surface area (Å²) in [5.41, 5.74) is 12.0. The van der Waals surface area contributed by atoms with Gasteiger partial charge in [-0.15, -0.1) is 0 Å². The number of carboxylic acid groups (broad SMARTS) is 2. The lowest BCUT2D eigenvalue weighted by Crippen LogP contribution is -2.59. The molecule has 22 nitrogen and oxygen atoms in total. The molecule has 4 aromatic rings. The molecule has 0 aliphatic carbocycles. The number of piperidine rings is 1. The van der Waals surface area contributed by atoms with Gasteiger partial charge in [0, 0.05) is 141 Å². The summed E-state index contributed by atoms with van der Waals surface area (Å²) in [5, 5.41) is 42.5. The number of nitrogens with one attached hydrogen (secondary N) is 3. The number of aliphatic hydroxyl groups excluding tert-OH is 2. The number of H-pyrrole nitrogens is 1. The van der Waals surface area contributed by atoms with Gasteiger partial charge < -0.3 is 66.0 Å².